The quantitative estimate of drug-likeness (QED) is 0.845. The molecule has 2 rings (SSSR count). The number of halogens is 1. The van der Waals surface area contributed by atoms with Gasteiger partial charge < -0.3 is 5.32 Å². The van der Waals surface area contributed by atoms with Crippen LogP contribution in [-0.2, 0) is 0 Å². The molecule has 1 aliphatic rings. The summed E-state index contributed by atoms with van der Waals surface area (Å²) in [4.78, 5) is 0. The van der Waals surface area contributed by atoms with Gasteiger partial charge in [-0.15, -0.1) is 0 Å². The molecule has 2 atom stereocenters. The molecule has 2 unspecified atom stereocenters. The Morgan fingerprint density at radius 2 is 2.06 bits per heavy atom. The lowest BCUT2D eigenvalue weighted by atomic mass is 9.52. The molecule has 1 N–H and O–H groups in total. The molecule has 1 nitrogen and oxygen atoms in total. The molecule has 0 aromatic heterocycles. The van der Waals surface area contributed by atoms with Crippen LogP contribution in [0.3, 0.4) is 0 Å². The molecule has 2 heteroatoms. The Kier molecular flexibility index (Phi) is 3.79. The summed E-state index contributed by atoms with van der Waals surface area (Å²) < 4.78 is 0. The normalized spacial score (nSPS) is 26.6. The van der Waals surface area contributed by atoms with E-state index in [0.29, 0.717) is 17.4 Å². The maximum atomic E-state index is 6.10. The Morgan fingerprint density at radius 3 is 2.59 bits per heavy atom. The highest BCUT2D eigenvalue weighted by atomic mass is 35.5. The van der Waals surface area contributed by atoms with E-state index in [1.165, 1.54) is 24.8 Å². The summed E-state index contributed by atoms with van der Waals surface area (Å²) in [6.07, 6.45) is 3.69. The van der Waals surface area contributed by atoms with Crippen molar-refractivity contribution in [2.45, 2.75) is 45.1 Å². The van der Waals surface area contributed by atoms with E-state index in [2.05, 4.69) is 44.4 Å². The average Bonchev–Trinajstić information content (AvgIpc) is 2.30. The van der Waals surface area contributed by atoms with Gasteiger partial charge in [0.15, 0.2) is 0 Å². The molecule has 1 aliphatic carbocycles. The fourth-order valence-corrected chi connectivity index (χ4v) is 3.82. The van der Waals surface area contributed by atoms with Gasteiger partial charge in [-0.2, -0.15) is 0 Å². The Bertz CT molecular complexity index is 384. The molecule has 0 radical (unpaired) electrons. The van der Waals surface area contributed by atoms with Crippen molar-refractivity contribution in [1.82, 2.24) is 5.32 Å². The second kappa shape index (κ2) is 4.99. The van der Waals surface area contributed by atoms with E-state index in [4.69, 9.17) is 11.6 Å². The van der Waals surface area contributed by atoms with Gasteiger partial charge in [-0.3, -0.25) is 0 Å². The minimum absolute atomic E-state index is 0.416. The van der Waals surface area contributed by atoms with Gasteiger partial charge in [-0.1, -0.05) is 37.6 Å². The summed E-state index contributed by atoms with van der Waals surface area (Å²) in [5.74, 6) is 0.661. The van der Waals surface area contributed by atoms with Crippen LogP contribution >= 0.6 is 11.6 Å². The molecule has 94 valence electrons. The summed E-state index contributed by atoms with van der Waals surface area (Å²) in [5, 5.41) is 4.33. The zero-order valence-corrected chi connectivity index (χ0v) is 11.7. The van der Waals surface area contributed by atoms with Crippen LogP contribution < -0.4 is 5.32 Å². The molecule has 0 bridgehead atoms. The maximum Gasteiger partial charge on any atom is 0.0408 e. The third-order valence-electron chi connectivity index (χ3n) is 4.78. The highest BCUT2D eigenvalue weighted by molar-refractivity contribution is 6.30. The first-order valence-corrected chi connectivity index (χ1v) is 6.98. The monoisotopic (exact) mass is 251 g/mol. The zero-order chi connectivity index (χ0) is 12.5. The lowest BCUT2D eigenvalue weighted by molar-refractivity contribution is 0.0246. The van der Waals surface area contributed by atoms with Crippen LogP contribution in [0.1, 0.15) is 44.6 Å². The summed E-state index contributed by atoms with van der Waals surface area (Å²) in [5.41, 5.74) is 1.83. The summed E-state index contributed by atoms with van der Waals surface area (Å²) in [6, 6.07) is 9.04. The van der Waals surface area contributed by atoms with Crippen LogP contribution in [0.4, 0.5) is 0 Å². The minimum Gasteiger partial charge on any atom is -0.316 e. The van der Waals surface area contributed by atoms with E-state index in [0.717, 1.165) is 5.02 Å². The van der Waals surface area contributed by atoms with Gasteiger partial charge in [0.05, 0.1) is 0 Å². The van der Waals surface area contributed by atoms with Crippen LogP contribution in [0.2, 0.25) is 5.02 Å². The summed E-state index contributed by atoms with van der Waals surface area (Å²) in [6.45, 7) is 4.62. The molecule has 0 saturated heterocycles. The first-order chi connectivity index (χ1) is 8.17. The number of nitrogens with one attached hydrogen (secondary N) is 1. The molecular weight excluding hydrogens is 230 g/mol. The van der Waals surface area contributed by atoms with Crippen molar-refractivity contribution in [1.29, 1.82) is 0 Å². The van der Waals surface area contributed by atoms with Crippen molar-refractivity contribution < 1.29 is 0 Å². The summed E-state index contributed by atoms with van der Waals surface area (Å²) >= 11 is 6.10. The second-order valence-corrected chi connectivity index (χ2v) is 5.56. The molecule has 1 fully saturated rings. The Morgan fingerprint density at radius 1 is 1.35 bits per heavy atom. The van der Waals surface area contributed by atoms with Crippen LogP contribution in [0, 0.1) is 5.41 Å². The lowest BCUT2D eigenvalue weighted by Crippen LogP contribution is -2.57. The van der Waals surface area contributed by atoms with Crippen LogP contribution in [0.15, 0.2) is 24.3 Å². The van der Waals surface area contributed by atoms with Crippen molar-refractivity contribution >= 4 is 11.6 Å². The zero-order valence-electron chi connectivity index (χ0n) is 11.0. The Hall–Kier alpha value is -0.530. The summed E-state index contributed by atoms with van der Waals surface area (Å²) in [7, 11) is 2.08. The number of rotatable bonds is 4. The predicted octanol–water partition coefficient (Wildman–Crippen LogP) is 4.22. The van der Waals surface area contributed by atoms with E-state index in [-0.39, 0.29) is 0 Å². The highest BCUT2D eigenvalue weighted by Crippen LogP contribution is 2.57. The number of benzene rings is 1. The van der Waals surface area contributed by atoms with Gasteiger partial charge in [-0.25, -0.2) is 0 Å². The molecule has 0 spiro atoms. The first kappa shape index (κ1) is 12.9. The van der Waals surface area contributed by atoms with E-state index in [1.807, 2.05) is 6.07 Å². The lowest BCUT2D eigenvalue weighted by Gasteiger charge is -2.56. The van der Waals surface area contributed by atoms with Crippen LogP contribution in [0.25, 0.3) is 0 Å². The highest BCUT2D eigenvalue weighted by Gasteiger charge is 2.52. The van der Waals surface area contributed by atoms with Gasteiger partial charge in [0.1, 0.15) is 0 Å². The number of hydrogen-bond acceptors (Lipinski definition) is 1. The largest absolute Gasteiger partial charge is 0.316 e. The molecule has 17 heavy (non-hydrogen) atoms. The van der Waals surface area contributed by atoms with Gasteiger partial charge in [0.25, 0.3) is 0 Å². The average molecular weight is 252 g/mol. The van der Waals surface area contributed by atoms with E-state index in [9.17, 15) is 0 Å². The Labute approximate surface area is 110 Å². The third-order valence-corrected chi connectivity index (χ3v) is 5.01. The third kappa shape index (κ3) is 2.00. The van der Waals surface area contributed by atoms with Crippen LogP contribution in [-0.4, -0.2) is 13.1 Å². The van der Waals surface area contributed by atoms with Gasteiger partial charge in [0.2, 0.25) is 0 Å². The van der Waals surface area contributed by atoms with E-state index < -0.39 is 0 Å². The molecule has 0 heterocycles. The molecule has 1 aromatic carbocycles. The second-order valence-electron chi connectivity index (χ2n) is 5.12. The minimum atomic E-state index is 0.416. The van der Waals surface area contributed by atoms with Crippen molar-refractivity contribution in [2.75, 3.05) is 7.05 Å². The smallest absolute Gasteiger partial charge is 0.0408 e. The van der Waals surface area contributed by atoms with Gasteiger partial charge >= 0.3 is 0 Å². The molecule has 1 aromatic rings. The molecule has 0 amide bonds. The standard InChI is InChI=1S/C15H22ClN/c1-4-15(5-2)13(10-14(15)17-3)11-7-6-8-12(16)9-11/h6-9,13-14,17H,4-5,10H2,1-3H3. The van der Waals surface area contributed by atoms with E-state index in [1.54, 1.807) is 0 Å². The van der Waals surface area contributed by atoms with Crippen molar-refractivity contribution in [3.8, 4) is 0 Å². The van der Waals surface area contributed by atoms with E-state index >= 15 is 0 Å². The fourth-order valence-electron chi connectivity index (χ4n) is 3.62. The van der Waals surface area contributed by atoms with Crippen LogP contribution in [0.5, 0.6) is 0 Å². The SMILES string of the molecule is CCC1(CC)C(NC)CC1c1cccc(Cl)c1. The van der Waals surface area contributed by atoms with Crippen molar-refractivity contribution in [2.24, 2.45) is 5.41 Å². The van der Waals surface area contributed by atoms with Crippen molar-refractivity contribution in [3.63, 3.8) is 0 Å². The maximum absolute atomic E-state index is 6.10. The fraction of sp³-hybridized carbons (Fsp3) is 0.600. The number of hydrogen-bond donors (Lipinski definition) is 1. The molecular formula is C15H22ClN. The predicted molar refractivity (Wildman–Crippen MR) is 74.7 cm³/mol. The molecule has 0 aliphatic heterocycles. The topological polar surface area (TPSA) is 12.0 Å². The first-order valence-electron chi connectivity index (χ1n) is 6.60. The van der Waals surface area contributed by atoms with Gasteiger partial charge in [0, 0.05) is 11.1 Å². The van der Waals surface area contributed by atoms with Gasteiger partial charge in [-0.05, 0) is 55.3 Å². The van der Waals surface area contributed by atoms with Crippen molar-refractivity contribution in [3.05, 3.63) is 34.9 Å². The Balaban J connectivity index is 2.28. The molecule has 1 saturated carbocycles.